The zero-order chi connectivity index (χ0) is 15.5. The van der Waals surface area contributed by atoms with Gasteiger partial charge >= 0.3 is 0 Å². The van der Waals surface area contributed by atoms with Gasteiger partial charge in [-0.1, -0.05) is 43.7 Å². The molecule has 21 heavy (non-hydrogen) atoms. The lowest BCUT2D eigenvalue weighted by Crippen LogP contribution is -2.57. The molecule has 2 rings (SSSR count). The highest BCUT2D eigenvalue weighted by Crippen LogP contribution is 2.33. The molecular formula is C18H30N2O. The van der Waals surface area contributed by atoms with E-state index in [0.29, 0.717) is 18.6 Å². The quantitative estimate of drug-likeness (QED) is 0.906. The van der Waals surface area contributed by atoms with Crippen molar-refractivity contribution in [1.29, 1.82) is 0 Å². The van der Waals surface area contributed by atoms with Gasteiger partial charge in [-0.2, -0.15) is 0 Å². The molecule has 2 unspecified atom stereocenters. The van der Waals surface area contributed by atoms with Crippen molar-refractivity contribution in [2.24, 2.45) is 11.7 Å². The molecule has 1 heterocycles. The van der Waals surface area contributed by atoms with E-state index < -0.39 is 0 Å². The van der Waals surface area contributed by atoms with Gasteiger partial charge in [-0.25, -0.2) is 0 Å². The first-order valence-electron chi connectivity index (χ1n) is 8.05. The summed E-state index contributed by atoms with van der Waals surface area (Å²) >= 11 is 0. The summed E-state index contributed by atoms with van der Waals surface area (Å²) in [6.45, 7) is 9.05. The Morgan fingerprint density at radius 3 is 2.57 bits per heavy atom. The smallest absolute Gasteiger partial charge is 0.0616 e. The Kier molecular flexibility index (Phi) is 5.42. The average molecular weight is 290 g/mol. The van der Waals surface area contributed by atoms with Crippen molar-refractivity contribution in [2.75, 3.05) is 20.2 Å². The molecule has 118 valence electrons. The molecule has 0 saturated carbocycles. The molecule has 0 radical (unpaired) electrons. The number of hydrogen-bond acceptors (Lipinski definition) is 3. The third-order valence-electron chi connectivity index (χ3n) is 4.95. The maximum atomic E-state index is 6.18. The van der Waals surface area contributed by atoms with Crippen LogP contribution in [0.2, 0.25) is 0 Å². The molecule has 1 fully saturated rings. The van der Waals surface area contributed by atoms with Gasteiger partial charge in [-0.3, -0.25) is 4.90 Å². The summed E-state index contributed by atoms with van der Waals surface area (Å²) in [4.78, 5) is 2.44. The van der Waals surface area contributed by atoms with E-state index >= 15 is 0 Å². The Morgan fingerprint density at radius 2 is 2.00 bits per heavy atom. The molecule has 0 spiro atoms. The van der Waals surface area contributed by atoms with Gasteiger partial charge < -0.3 is 10.5 Å². The standard InChI is InChI=1S/C18H30N2O/c1-14(2)17-11-18(13-19,9-10-21-17)20(4)12-16-7-5-15(3)6-8-16/h5-8,14,17H,9-13,19H2,1-4H3. The number of aryl methyl sites for hydroxylation is 1. The summed E-state index contributed by atoms with van der Waals surface area (Å²) in [5.74, 6) is 0.545. The van der Waals surface area contributed by atoms with Crippen LogP contribution < -0.4 is 5.73 Å². The first-order valence-corrected chi connectivity index (χ1v) is 8.05. The SMILES string of the molecule is Cc1ccc(CN(C)C2(CN)CCOC(C(C)C)C2)cc1. The first-order chi connectivity index (χ1) is 9.97. The topological polar surface area (TPSA) is 38.5 Å². The van der Waals surface area contributed by atoms with Crippen molar-refractivity contribution in [3.63, 3.8) is 0 Å². The number of ether oxygens (including phenoxy) is 1. The van der Waals surface area contributed by atoms with Gasteiger partial charge in [-0.05, 0) is 38.3 Å². The maximum absolute atomic E-state index is 6.18. The van der Waals surface area contributed by atoms with E-state index in [9.17, 15) is 0 Å². The number of rotatable bonds is 5. The highest BCUT2D eigenvalue weighted by atomic mass is 16.5. The maximum Gasteiger partial charge on any atom is 0.0616 e. The largest absolute Gasteiger partial charge is 0.378 e. The molecule has 0 amide bonds. The second-order valence-electron chi connectivity index (χ2n) is 6.88. The monoisotopic (exact) mass is 290 g/mol. The van der Waals surface area contributed by atoms with Gasteiger partial charge in [0.25, 0.3) is 0 Å². The number of benzene rings is 1. The van der Waals surface area contributed by atoms with E-state index in [-0.39, 0.29) is 5.54 Å². The van der Waals surface area contributed by atoms with Crippen LogP contribution in [0.1, 0.15) is 37.8 Å². The highest BCUT2D eigenvalue weighted by Gasteiger charge is 2.40. The van der Waals surface area contributed by atoms with Gasteiger partial charge in [0, 0.05) is 25.2 Å². The van der Waals surface area contributed by atoms with Gasteiger partial charge in [-0.15, -0.1) is 0 Å². The van der Waals surface area contributed by atoms with Crippen molar-refractivity contribution >= 4 is 0 Å². The predicted octanol–water partition coefficient (Wildman–Crippen LogP) is 2.96. The van der Waals surface area contributed by atoms with Crippen LogP contribution >= 0.6 is 0 Å². The van der Waals surface area contributed by atoms with Crippen LogP contribution in [0.5, 0.6) is 0 Å². The lowest BCUT2D eigenvalue weighted by molar-refractivity contribution is -0.0834. The number of hydrogen-bond donors (Lipinski definition) is 1. The Morgan fingerprint density at radius 1 is 1.33 bits per heavy atom. The molecule has 1 aromatic rings. The van der Waals surface area contributed by atoms with E-state index in [1.54, 1.807) is 0 Å². The third-order valence-corrected chi connectivity index (χ3v) is 4.95. The molecule has 0 aliphatic carbocycles. The van der Waals surface area contributed by atoms with Gasteiger partial charge in [0.05, 0.1) is 6.10 Å². The summed E-state index contributed by atoms with van der Waals surface area (Å²) in [5, 5.41) is 0. The molecule has 2 N–H and O–H groups in total. The molecular weight excluding hydrogens is 260 g/mol. The Balaban J connectivity index is 2.09. The molecule has 1 saturated heterocycles. The minimum Gasteiger partial charge on any atom is -0.378 e. The molecule has 0 bridgehead atoms. The minimum absolute atomic E-state index is 0.0675. The van der Waals surface area contributed by atoms with Crippen molar-refractivity contribution < 1.29 is 4.74 Å². The zero-order valence-corrected chi connectivity index (χ0v) is 13.9. The predicted molar refractivity (Wildman–Crippen MR) is 88.2 cm³/mol. The van der Waals surface area contributed by atoms with Gasteiger partial charge in [0.2, 0.25) is 0 Å². The second kappa shape index (κ2) is 6.91. The van der Waals surface area contributed by atoms with Crippen molar-refractivity contribution in [3.05, 3.63) is 35.4 Å². The fourth-order valence-electron chi connectivity index (χ4n) is 3.19. The third kappa shape index (κ3) is 3.85. The van der Waals surface area contributed by atoms with E-state index in [4.69, 9.17) is 10.5 Å². The number of likely N-dealkylation sites (N-methyl/N-ethyl adjacent to an activating group) is 1. The van der Waals surface area contributed by atoms with E-state index in [0.717, 1.165) is 26.0 Å². The van der Waals surface area contributed by atoms with Crippen molar-refractivity contribution in [3.8, 4) is 0 Å². The van der Waals surface area contributed by atoms with Crippen molar-refractivity contribution in [2.45, 2.75) is 51.8 Å². The Labute approximate surface area is 129 Å². The van der Waals surface area contributed by atoms with Crippen LogP contribution in [0, 0.1) is 12.8 Å². The highest BCUT2D eigenvalue weighted by molar-refractivity contribution is 5.21. The van der Waals surface area contributed by atoms with Crippen LogP contribution in [0.4, 0.5) is 0 Å². The van der Waals surface area contributed by atoms with Crippen LogP contribution in [-0.4, -0.2) is 36.7 Å². The van der Waals surface area contributed by atoms with Crippen LogP contribution in [-0.2, 0) is 11.3 Å². The van der Waals surface area contributed by atoms with Gasteiger partial charge in [0.15, 0.2) is 0 Å². The molecule has 2 atom stereocenters. The van der Waals surface area contributed by atoms with Crippen LogP contribution in [0.3, 0.4) is 0 Å². The van der Waals surface area contributed by atoms with Crippen molar-refractivity contribution in [1.82, 2.24) is 4.90 Å². The minimum atomic E-state index is 0.0675. The zero-order valence-electron chi connectivity index (χ0n) is 13.9. The lowest BCUT2D eigenvalue weighted by atomic mass is 9.82. The summed E-state index contributed by atoms with van der Waals surface area (Å²) in [6.07, 6.45) is 2.38. The fourth-order valence-corrected chi connectivity index (χ4v) is 3.19. The Bertz CT molecular complexity index is 443. The molecule has 3 heteroatoms. The summed E-state index contributed by atoms with van der Waals surface area (Å²) in [6, 6.07) is 8.79. The average Bonchev–Trinajstić information content (AvgIpc) is 2.49. The Hall–Kier alpha value is -0.900. The number of nitrogens with zero attached hydrogens (tertiary/aromatic N) is 1. The summed E-state index contributed by atoms with van der Waals surface area (Å²) in [5.41, 5.74) is 8.91. The van der Waals surface area contributed by atoms with E-state index in [1.807, 2.05) is 0 Å². The molecule has 0 aromatic heterocycles. The molecule has 1 aliphatic rings. The second-order valence-corrected chi connectivity index (χ2v) is 6.88. The first kappa shape index (κ1) is 16.5. The van der Waals surface area contributed by atoms with Crippen LogP contribution in [0.15, 0.2) is 24.3 Å². The van der Waals surface area contributed by atoms with E-state index in [1.165, 1.54) is 11.1 Å². The van der Waals surface area contributed by atoms with E-state index in [2.05, 4.69) is 57.0 Å². The summed E-state index contributed by atoms with van der Waals surface area (Å²) in [7, 11) is 2.20. The molecule has 3 nitrogen and oxygen atoms in total. The normalized spacial score (nSPS) is 26.5. The van der Waals surface area contributed by atoms with Crippen LogP contribution in [0.25, 0.3) is 0 Å². The lowest BCUT2D eigenvalue weighted by Gasteiger charge is -2.47. The number of nitrogens with two attached hydrogens (primary N) is 1. The summed E-state index contributed by atoms with van der Waals surface area (Å²) < 4.78 is 5.93. The molecule has 1 aliphatic heterocycles. The fraction of sp³-hybridized carbons (Fsp3) is 0.667. The van der Waals surface area contributed by atoms with Gasteiger partial charge in [0.1, 0.15) is 0 Å². The molecule has 1 aromatic carbocycles.